The van der Waals surface area contributed by atoms with Gasteiger partial charge in [0.25, 0.3) is 10.0 Å². The molecule has 0 amide bonds. The number of methoxy groups -OCH3 is 1. The van der Waals surface area contributed by atoms with Gasteiger partial charge in [-0.3, -0.25) is 0 Å². The molecule has 2 rings (SSSR count). The van der Waals surface area contributed by atoms with Crippen LogP contribution >= 0.6 is 0 Å². The highest BCUT2D eigenvalue weighted by Crippen LogP contribution is 2.17. The predicted molar refractivity (Wildman–Crippen MR) is 75.2 cm³/mol. The number of nitrogens with zero attached hydrogens (tertiary/aromatic N) is 3. The molecular formula is C12H20N4O3S. The molecule has 2 heterocycles. The van der Waals surface area contributed by atoms with E-state index in [1.807, 2.05) is 0 Å². The zero-order valence-corrected chi connectivity index (χ0v) is 12.4. The maximum absolute atomic E-state index is 12.0. The maximum atomic E-state index is 12.0. The molecule has 20 heavy (non-hydrogen) atoms. The Bertz CT molecular complexity index is 512. The van der Waals surface area contributed by atoms with E-state index in [4.69, 9.17) is 4.74 Å². The highest BCUT2D eigenvalue weighted by Gasteiger charge is 2.18. The largest absolute Gasteiger partial charge is 0.385 e. The Morgan fingerprint density at radius 2 is 2.05 bits per heavy atom. The zero-order chi connectivity index (χ0) is 14.4. The second kappa shape index (κ2) is 6.96. The molecule has 0 atom stereocenters. The van der Waals surface area contributed by atoms with Crippen LogP contribution in [0.25, 0.3) is 0 Å². The number of aromatic nitrogens is 2. The molecule has 1 saturated heterocycles. The van der Waals surface area contributed by atoms with Crippen molar-refractivity contribution >= 4 is 15.8 Å². The minimum absolute atomic E-state index is 0.0436. The molecule has 1 aromatic heterocycles. The third-order valence-electron chi connectivity index (χ3n) is 3.15. The summed E-state index contributed by atoms with van der Waals surface area (Å²) in [4.78, 5) is 2.11. The number of nitrogens with one attached hydrogen (secondary N) is 1. The number of rotatable bonds is 7. The first-order chi connectivity index (χ1) is 9.63. The average Bonchev–Trinajstić information content (AvgIpc) is 2.98. The van der Waals surface area contributed by atoms with Crippen molar-refractivity contribution in [3.8, 4) is 0 Å². The van der Waals surface area contributed by atoms with E-state index in [1.54, 1.807) is 13.2 Å². The van der Waals surface area contributed by atoms with Crippen molar-refractivity contribution in [2.24, 2.45) is 0 Å². The highest BCUT2D eigenvalue weighted by atomic mass is 32.2. The van der Waals surface area contributed by atoms with E-state index in [9.17, 15) is 8.42 Å². The van der Waals surface area contributed by atoms with E-state index in [2.05, 4.69) is 19.8 Å². The van der Waals surface area contributed by atoms with Crippen LogP contribution in [0.5, 0.6) is 0 Å². The van der Waals surface area contributed by atoms with Crippen LogP contribution in [-0.4, -0.2) is 52.0 Å². The number of ether oxygens (including phenoxy) is 1. The van der Waals surface area contributed by atoms with Crippen molar-refractivity contribution < 1.29 is 13.2 Å². The molecule has 0 radical (unpaired) electrons. The molecule has 0 bridgehead atoms. The lowest BCUT2D eigenvalue weighted by molar-refractivity contribution is 0.196. The van der Waals surface area contributed by atoms with Crippen molar-refractivity contribution in [2.45, 2.75) is 24.3 Å². The van der Waals surface area contributed by atoms with Crippen molar-refractivity contribution in [1.29, 1.82) is 0 Å². The molecule has 112 valence electrons. The van der Waals surface area contributed by atoms with Gasteiger partial charge >= 0.3 is 0 Å². The lowest BCUT2D eigenvalue weighted by atomic mass is 10.4. The van der Waals surface area contributed by atoms with E-state index in [-0.39, 0.29) is 5.03 Å². The van der Waals surface area contributed by atoms with Crippen LogP contribution in [0, 0.1) is 0 Å². The SMILES string of the molecule is COCCCNS(=O)(=O)c1ccc(N2CCCC2)nn1. The quantitative estimate of drug-likeness (QED) is 0.733. The molecular weight excluding hydrogens is 280 g/mol. The first-order valence-corrected chi connectivity index (χ1v) is 8.19. The predicted octanol–water partition coefficient (Wildman–Crippen LogP) is 0.392. The Morgan fingerprint density at radius 3 is 2.65 bits per heavy atom. The Kier molecular flexibility index (Phi) is 5.27. The molecule has 8 heteroatoms. The monoisotopic (exact) mass is 300 g/mol. The van der Waals surface area contributed by atoms with Crippen molar-refractivity contribution in [1.82, 2.24) is 14.9 Å². The van der Waals surface area contributed by atoms with Gasteiger partial charge in [0.05, 0.1) is 0 Å². The molecule has 0 aliphatic carbocycles. The summed E-state index contributed by atoms with van der Waals surface area (Å²) in [5.74, 6) is 0.737. The topological polar surface area (TPSA) is 84.4 Å². The van der Waals surface area contributed by atoms with Gasteiger partial charge in [-0.15, -0.1) is 10.2 Å². The van der Waals surface area contributed by atoms with Gasteiger partial charge in [-0.2, -0.15) is 0 Å². The van der Waals surface area contributed by atoms with Gasteiger partial charge in [-0.25, -0.2) is 13.1 Å². The fraction of sp³-hybridized carbons (Fsp3) is 0.667. The molecule has 7 nitrogen and oxygen atoms in total. The molecule has 0 unspecified atom stereocenters. The first kappa shape index (κ1) is 15.1. The van der Waals surface area contributed by atoms with E-state index in [1.165, 1.54) is 6.07 Å². The smallest absolute Gasteiger partial charge is 0.259 e. The van der Waals surface area contributed by atoms with Crippen molar-refractivity contribution in [3.05, 3.63) is 12.1 Å². The van der Waals surface area contributed by atoms with Crippen LogP contribution in [0.15, 0.2) is 17.2 Å². The summed E-state index contributed by atoms with van der Waals surface area (Å²) in [7, 11) is -2.00. The fourth-order valence-electron chi connectivity index (χ4n) is 2.07. The number of hydrogen-bond donors (Lipinski definition) is 1. The maximum Gasteiger partial charge on any atom is 0.259 e. The zero-order valence-electron chi connectivity index (χ0n) is 11.6. The van der Waals surface area contributed by atoms with Gasteiger partial charge < -0.3 is 9.64 Å². The summed E-state index contributed by atoms with van der Waals surface area (Å²) in [5, 5.41) is 7.78. The lowest BCUT2D eigenvalue weighted by Crippen LogP contribution is -2.27. The van der Waals surface area contributed by atoms with Crippen LogP contribution in [0.1, 0.15) is 19.3 Å². The fourth-order valence-corrected chi connectivity index (χ4v) is 3.02. The first-order valence-electron chi connectivity index (χ1n) is 6.71. The highest BCUT2D eigenvalue weighted by molar-refractivity contribution is 7.89. The van der Waals surface area contributed by atoms with Gasteiger partial charge in [0.15, 0.2) is 10.8 Å². The summed E-state index contributed by atoms with van der Waals surface area (Å²) in [5.41, 5.74) is 0. The summed E-state index contributed by atoms with van der Waals surface area (Å²) in [6.45, 7) is 2.75. The average molecular weight is 300 g/mol. The minimum Gasteiger partial charge on any atom is -0.385 e. The van der Waals surface area contributed by atoms with E-state index in [0.717, 1.165) is 31.7 Å². The van der Waals surface area contributed by atoms with Crippen LogP contribution < -0.4 is 9.62 Å². The van der Waals surface area contributed by atoms with Gasteiger partial charge in [0, 0.05) is 33.4 Å². The number of hydrogen-bond acceptors (Lipinski definition) is 6. The van der Waals surface area contributed by atoms with Crippen molar-refractivity contribution in [3.63, 3.8) is 0 Å². The second-order valence-corrected chi connectivity index (χ2v) is 6.38. The molecule has 1 N–H and O–H groups in total. The summed E-state index contributed by atoms with van der Waals surface area (Å²) >= 11 is 0. The Hall–Kier alpha value is -1.25. The van der Waals surface area contributed by atoms with Crippen LogP contribution in [0.4, 0.5) is 5.82 Å². The molecule has 0 saturated carbocycles. The van der Waals surface area contributed by atoms with Gasteiger partial charge in [-0.05, 0) is 31.4 Å². The normalized spacial score (nSPS) is 15.8. The standard InChI is InChI=1S/C12H20N4O3S/c1-19-10-4-7-13-20(17,18)12-6-5-11(14-15-12)16-8-2-3-9-16/h5-6,13H,2-4,7-10H2,1H3. The minimum atomic E-state index is -3.58. The van der Waals surface area contributed by atoms with E-state index >= 15 is 0 Å². The molecule has 0 spiro atoms. The van der Waals surface area contributed by atoms with E-state index in [0.29, 0.717) is 19.6 Å². The molecule has 1 aliphatic rings. The third kappa shape index (κ3) is 3.87. The summed E-state index contributed by atoms with van der Waals surface area (Å²) < 4.78 is 31.3. The third-order valence-corrected chi connectivity index (χ3v) is 4.50. The summed E-state index contributed by atoms with van der Waals surface area (Å²) in [6.07, 6.45) is 2.90. The Morgan fingerprint density at radius 1 is 1.30 bits per heavy atom. The molecule has 1 aromatic rings. The molecule has 1 fully saturated rings. The van der Waals surface area contributed by atoms with Crippen LogP contribution in [0.2, 0.25) is 0 Å². The van der Waals surface area contributed by atoms with Gasteiger partial charge in [0.2, 0.25) is 0 Å². The number of anilines is 1. The summed E-state index contributed by atoms with van der Waals surface area (Å²) in [6, 6.07) is 3.21. The van der Waals surface area contributed by atoms with Crippen molar-refractivity contribution in [2.75, 3.05) is 38.3 Å². The van der Waals surface area contributed by atoms with Crippen LogP contribution in [0.3, 0.4) is 0 Å². The Balaban J connectivity index is 1.97. The second-order valence-electron chi connectivity index (χ2n) is 4.67. The molecule has 1 aliphatic heterocycles. The van der Waals surface area contributed by atoms with E-state index < -0.39 is 10.0 Å². The molecule has 0 aromatic carbocycles. The van der Waals surface area contributed by atoms with Crippen LogP contribution in [-0.2, 0) is 14.8 Å². The van der Waals surface area contributed by atoms with Gasteiger partial charge in [-0.1, -0.05) is 0 Å². The lowest BCUT2D eigenvalue weighted by Gasteiger charge is -2.15. The Labute approximate surface area is 119 Å². The van der Waals surface area contributed by atoms with Gasteiger partial charge in [0.1, 0.15) is 0 Å². The number of sulfonamides is 1.